The average molecular weight is 264 g/mol. The number of hydrogen-bond acceptors (Lipinski definition) is 5. The number of hydrazone groups is 1. The van der Waals surface area contributed by atoms with Crippen molar-refractivity contribution in [3.63, 3.8) is 0 Å². The van der Waals surface area contributed by atoms with Crippen LogP contribution in [0.25, 0.3) is 11.0 Å². The first-order valence-corrected chi connectivity index (χ1v) is 6.50. The fourth-order valence-corrected chi connectivity index (χ4v) is 2.53. The number of anilines is 1. The van der Waals surface area contributed by atoms with Crippen molar-refractivity contribution in [2.75, 3.05) is 5.43 Å². The molecule has 2 aromatic rings. The summed E-state index contributed by atoms with van der Waals surface area (Å²) in [6.07, 6.45) is 4.40. The number of nitrogens with zero attached hydrogens (tertiary/aromatic N) is 3. The molecule has 1 N–H and O–H groups in total. The second-order valence-electron chi connectivity index (χ2n) is 4.72. The molecule has 0 atom stereocenters. The van der Waals surface area contributed by atoms with Gasteiger partial charge in [0, 0.05) is 17.4 Å². The van der Waals surface area contributed by atoms with E-state index in [-0.39, 0.29) is 5.71 Å². The van der Waals surface area contributed by atoms with Crippen molar-refractivity contribution in [3.05, 3.63) is 29.5 Å². The number of furan rings is 1. The molecule has 0 fully saturated rings. The standard InChI is InChI=1S/C15H12N4O/c16-8-11(9-17)19-18-10-5-6-15-13(7-10)12-3-1-2-4-14(12)20-15/h5-7,18H,1-4H2. The van der Waals surface area contributed by atoms with Gasteiger partial charge in [-0.15, -0.1) is 0 Å². The molecule has 98 valence electrons. The summed E-state index contributed by atoms with van der Waals surface area (Å²) < 4.78 is 5.85. The molecule has 1 aliphatic rings. The van der Waals surface area contributed by atoms with Gasteiger partial charge in [-0.25, -0.2) is 0 Å². The molecule has 20 heavy (non-hydrogen) atoms. The molecule has 0 saturated carbocycles. The van der Waals surface area contributed by atoms with E-state index in [0.717, 1.165) is 35.3 Å². The van der Waals surface area contributed by atoms with Crippen molar-refractivity contribution < 1.29 is 4.42 Å². The van der Waals surface area contributed by atoms with Gasteiger partial charge in [0.1, 0.15) is 23.5 Å². The van der Waals surface area contributed by atoms with Gasteiger partial charge in [0.15, 0.2) is 0 Å². The van der Waals surface area contributed by atoms with Crippen molar-refractivity contribution >= 4 is 22.4 Å². The summed E-state index contributed by atoms with van der Waals surface area (Å²) in [5.74, 6) is 1.08. The molecule has 1 aromatic carbocycles. The zero-order valence-electron chi connectivity index (χ0n) is 10.8. The maximum absolute atomic E-state index is 8.64. The molecule has 5 nitrogen and oxygen atoms in total. The highest BCUT2D eigenvalue weighted by atomic mass is 16.3. The van der Waals surface area contributed by atoms with Crippen LogP contribution in [0.5, 0.6) is 0 Å². The van der Waals surface area contributed by atoms with E-state index in [4.69, 9.17) is 14.9 Å². The quantitative estimate of drug-likeness (QED) is 0.667. The lowest BCUT2D eigenvalue weighted by atomic mass is 9.96. The SMILES string of the molecule is N#CC(C#N)=NNc1ccc2oc3c(c2c1)CCCC3. The minimum Gasteiger partial charge on any atom is -0.461 e. The predicted octanol–water partition coefficient (Wildman–Crippen LogP) is 3.13. The van der Waals surface area contributed by atoms with Crippen molar-refractivity contribution in [2.24, 2.45) is 5.10 Å². The normalized spacial score (nSPS) is 13.1. The van der Waals surface area contributed by atoms with Crippen LogP contribution in [0.15, 0.2) is 27.7 Å². The van der Waals surface area contributed by atoms with Gasteiger partial charge in [0.25, 0.3) is 0 Å². The van der Waals surface area contributed by atoms with Crippen LogP contribution in [0.4, 0.5) is 5.69 Å². The Morgan fingerprint density at radius 3 is 2.80 bits per heavy atom. The van der Waals surface area contributed by atoms with Crippen molar-refractivity contribution in [2.45, 2.75) is 25.7 Å². The Hall–Kier alpha value is -2.79. The molecule has 5 heteroatoms. The molecule has 0 aliphatic heterocycles. The van der Waals surface area contributed by atoms with E-state index >= 15 is 0 Å². The number of rotatable bonds is 2. The maximum atomic E-state index is 8.64. The highest BCUT2D eigenvalue weighted by Gasteiger charge is 2.17. The number of benzene rings is 1. The first-order chi connectivity index (χ1) is 9.81. The van der Waals surface area contributed by atoms with Gasteiger partial charge < -0.3 is 4.42 Å². The van der Waals surface area contributed by atoms with Crippen LogP contribution in [0, 0.1) is 22.7 Å². The van der Waals surface area contributed by atoms with Crippen molar-refractivity contribution in [1.82, 2.24) is 0 Å². The van der Waals surface area contributed by atoms with Crippen LogP contribution < -0.4 is 5.43 Å². The number of aryl methyl sites for hydroxylation is 2. The topological polar surface area (TPSA) is 85.1 Å². The van der Waals surface area contributed by atoms with E-state index in [1.165, 1.54) is 18.4 Å². The third kappa shape index (κ3) is 2.10. The van der Waals surface area contributed by atoms with Crippen LogP contribution in [-0.2, 0) is 12.8 Å². The zero-order chi connectivity index (χ0) is 13.9. The highest BCUT2D eigenvalue weighted by Crippen LogP contribution is 2.33. The Bertz CT molecular complexity index is 757. The fourth-order valence-electron chi connectivity index (χ4n) is 2.53. The van der Waals surface area contributed by atoms with Crippen molar-refractivity contribution in [1.29, 1.82) is 10.5 Å². The smallest absolute Gasteiger partial charge is 0.237 e. The van der Waals surface area contributed by atoms with Crippen molar-refractivity contribution in [3.8, 4) is 12.1 Å². The summed E-state index contributed by atoms with van der Waals surface area (Å²) in [5, 5.41) is 22.1. The summed E-state index contributed by atoms with van der Waals surface area (Å²) >= 11 is 0. The van der Waals surface area contributed by atoms with Crippen LogP contribution >= 0.6 is 0 Å². The summed E-state index contributed by atoms with van der Waals surface area (Å²) in [6.45, 7) is 0. The molecule has 0 amide bonds. The molecule has 0 saturated heterocycles. The molecule has 1 heterocycles. The van der Waals surface area contributed by atoms with E-state index in [0.29, 0.717) is 0 Å². The van der Waals surface area contributed by atoms with Gasteiger partial charge >= 0.3 is 0 Å². The Balaban J connectivity index is 1.97. The molecule has 1 aliphatic carbocycles. The number of fused-ring (bicyclic) bond motifs is 3. The molecule has 0 spiro atoms. The Morgan fingerprint density at radius 2 is 2.00 bits per heavy atom. The minimum atomic E-state index is -0.195. The zero-order valence-corrected chi connectivity index (χ0v) is 10.8. The van der Waals surface area contributed by atoms with Gasteiger partial charge in [-0.3, -0.25) is 5.43 Å². The Morgan fingerprint density at radius 1 is 1.20 bits per heavy atom. The van der Waals surface area contributed by atoms with E-state index < -0.39 is 0 Å². The molecular weight excluding hydrogens is 252 g/mol. The second kappa shape index (κ2) is 5.07. The summed E-state index contributed by atoms with van der Waals surface area (Å²) in [7, 11) is 0. The number of nitrogens with one attached hydrogen (secondary N) is 1. The van der Waals surface area contributed by atoms with Gasteiger partial charge in [-0.2, -0.15) is 15.6 Å². The van der Waals surface area contributed by atoms with Gasteiger partial charge in [0.2, 0.25) is 5.71 Å². The minimum absolute atomic E-state index is 0.195. The van der Waals surface area contributed by atoms with Gasteiger partial charge in [-0.05, 0) is 37.5 Å². The fraction of sp³-hybridized carbons (Fsp3) is 0.267. The monoisotopic (exact) mass is 264 g/mol. The highest BCUT2D eigenvalue weighted by molar-refractivity contribution is 6.10. The molecule has 3 rings (SSSR count). The van der Waals surface area contributed by atoms with E-state index in [9.17, 15) is 0 Å². The number of nitriles is 2. The molecular formula is C15H12N4O. The van der Waals surface area contributed by atoms with E-state index in [1.807, 2.05) is 18.2 Å². The predicted molar refractivity (Wildman–Crippen MR) is 75.1 cm³/mol. The first kappa shape index (κ1) is 12.3. The molecule has 0 bridgehead atoms. The lowest BCUT2D eigenvalue weighted by molar-refractivity contribution is 0.506. The maximum Gasteiger partial charge on any atom is 0.237 e. The van der Waals surface area contributed by atoms with Gasteiger partial charge in [0.05, 0.1) is 5.69 Å². The second-order valence-corrected chi connectivity index (χ2v) is 4.72. The average Bonchev–Trinajstić information content (AvgIpc) is 2.86. The third-order valence-electron chi connectivity index (χ3n) is 3.46. The Labute approximate surface area is 116 Å². The number of hydrogen-bond donors (Lipinski definition) is 1. The van der Waals surface area contributed by atoms with E-state index in [2.05, 4.69) is 10.5 Å². The summed E-state index contributed by atoms with van der Waals surface area (Å²) in [5.41, 5.74) is 5.45. The largest absolute Gasteiger partial charge is 0.461 e. The Kier molecular flexibility index (Phi) is 3.10. The van der Waals surface area contributed by atoms with Crippen LogP contribution in [0.2, 0.25) is 0 Å². The molecule has 0 unspecified atom stereocenters. The summed E-state index contributed by atoms with van der Waals surface area (Å²) in [4.78, 5) is 0. The lowest BCUT2D eigenvalue weighted by Crippen LogP contribution is -1.99. The van der Waals surface area contributed by atoms with Crippen LogP contribution in [0.3, 0.4) is 0 Å². The third-order valence-corrected chi connectivity index (χ3v) is 3.46. The van der Waals surface area contributed by atoms with Gasteiger partial charge in [-0.1, -0.05) is 0 Å². The lowest BCUT2D eigenvalue weighted by Gasteiger charge is -2.08. The summed E-state index contributed by atoms with van der Waals surface area (Å²) in [6, 6.07) is 9.10. The van der Waals surface area contributed by atoms with Crippen LogP contribution in [-0.4, -0.2) is 5.71 Å². The van der Waals surface area contributed by atoms with Crippen LogP contribution in [0.1, 0.15) is 24.2 Å². The molecule has 1 aromatic heterocycles. The molecule has 0 radical (unpaired) electrons. The first-order valence-electron chi connectivity index (χ1n) is 6.50. The van der Waals surface area contributed by atoms with E-state index in [1.54, 1.807) is 12.1 Å².